The van der Waals surface area contributed by atoms with Crippen molar-refractivity contribution >= 4 is 20.0 Å². The van der Waals surface area contributed by atoms with Crippen LogP contribution < -0.4 is 14.6 Å². The standard InChI is InChI=1S/C27H35N3O6S.C11H19N3O4S/c1-20-16-28-27(29-17-20)26(36-15-14-33-3)21(2)37(31,32)30(18-22-6-10-24(34-4)11-7-22)19-23-8-12-25(35-5)13-9-23;1-8-6-13-11(14-7-8)10(18-5-4-17-3)9(2)19(12,15)16/h6-13,16-17,21,26H,14-15,18-19H2,1-5H3;6-7,9-10H,4-5H2,1-3H3,(H2,12,15,16)/t21-,26-;9-,10-/m00/s1. The molecule has 16 nitrogen and oxygen atoms in total. The summed E-state index contributed by atoms with van der Waals surface area (Å²) in [6.07, 6.45) is 4.82. The highest BCUT2D eigenvalue weighted by Gasteiger charge is 2.38. The molecule has 0 aliphatic carbocycles. The molecule has 0 unspecified atom stereocenters. The van der Waals surface area contributed by atoms with Crippen molar-refractivity contribution in [1.29, 1.82) is 0 Å². The van der Waals surface area contributed by atoms with Gasteiger partial charge in [-0.3, -0.25) is 0 Å². The molecule has 2 N–H and O–H groups in total. The largest absolute Gasteiger partial charge is 0.497 e. The fourth-order valence-electron chi connectivity index (χ4n) is 5.12. The zero-order valence-electron chi connectivity index (χ0n) is 33.2. The molecular weight excluding hydrogens is 765 g/mol. The first-order valence-electron chi connectivity index (χ1n) is 17.7. The number of nitrogens with zero attached hydrogens (tertiary/aromatic N) is 5. The number of aryl methyl sites for hydroxylation is 2. The number of benzene rings is 2. The van der Waals surface area contributed by atoms with Crippen LogP contribution in [0.3, 0.4) is 0 Å². The normalized spacial score (nSPS) is 14.0. The van der Waals surface area contributed by atoms with Crippen LogP contribution in [0.5, 0.6) is 11.5 Å². The van der Waals surface area contributed by atoms with Crippen LogP contribution in [0, 0.1) is 13.8 Å². The molecule has 0 fully saturated rings. The Morgan fingerprint density at radius 1 is 0.589 bits per heavy atom. The van der Waals surface area contributed by atoms with Crippen LogP contribution in [0.15, 0.2) is 73.3 Å². The molecule has 4 rings (SSSR count). The van der Waals surface area contributed by atoms with Gasteiger partial charge in [-0.2, -0.15) is 4.31 Å². The highest BCUT2D eigenvalue weighted by Crippen LogP contribution is 2.29. The lowest BCUT2D eigenvalue weighted by Gasteiger charge is -2.30. The Morgan fingerprint density at radius 3 is 1.27 bits per heavy atom. The maximum Gasteiger partial charge on any atom is 0.220 e. The molecule has 2 aromatic carbocycles. The predicted octanol–water partition coefficient (Wildman–Crippen LogP) is 4.09. The molecule has 18 heteroatoms. The SMILES string of the molecule is COCCO[C@H](c1ncc(C)cn1)[C@H](C)S(=O)(=O)N(Cc1ccc(OC)cc1)Cc1ccc(OC)cc1.COCCO[C@H](c1ncc(C)cn1)[C@H](C)S(N)(=O)=O. The zero-order chi connectivity index (χ0) is 41.3. The van der Waals surface area contributed by atoms with Crippen molar-refractivity contribution in [2.75, 3.05) is 54.9 Å². The first-order valence-corrected chi connectivity index (χ1v) is 20.8. The molecule has 4 atom stereocenters. The lowest BCUT2D eigenvalue weighted by Crippen LogP contribution is -2.40. The van der Waals surface area contributed by atoms with Crippen molar-refractivity contribution in [3.63, 3.8) is 0 Å². The Labute approximate surface area is 330 Å². The van der Waals surface area contributed by atoms with Crippen molar-refractivity contribution in [1.82, 2.24) is 24.2 Å². The number of methoxy groups -OCH3 is 4. The van der Waals surface area contributed by atoms with Gasteiger partial charge >= 0.3 is 0 Å². The van der Waals surface area contributed by atoms with Crippen molar-refractivity contribution in [2.24, 2.45) is 5.14 Å². The van der Waals surface area contributed by atoms with Gasteiger partial charge in [-0.05, 0) is 74.2 Å². The Hall–Kier alpha value is -4.14. The molecule has 308 valence electrons. The van der Waals surface area contributed by atoms with Gasteiger partial charge in [0.25, 0.3) is 0 Å². The molecule has 0 saturated carbocycles. The highest BCUT2D eigenvalue weighted by atomic mass is 32.2. The summed E-state index contributed by atoms with van der Waals surface area (Å²) in [7, 11) is -1.37. The number of ether oxygens (including phenoxy) is 6. The van der Waals surface area contributed by atoms with Gasteiger partial charge in [0.2, 0.25) is 20.0 Å². The number of hydrogen-bond acceptors (Lipinski definition) is 14. The Balaban J connectivity index is 0.000000372. The van der Waals surface area contributed by atoms with Gasteiger partial charge in [0.15, 0.2) is 11.6 Å². The molecule has 2 aromatic heterocycles. The van der Waals surface area contributed by atoms with E-state index >= 15 is 0 Å². The molecular formula is C38H54N6O10S2. The van der Waals surface area contributed by atoms with E-state index in [1.807, 2.05) is 62.4 Å². The number of primary sulfonamides is 1. The average molecular weight is 819 g/mol. The van der Waals surface area contributed by atoms with Gasteiger partial charge in [0.1, 0.15) is 34.2 Å². The maximum atomic E-state index is 14.1. The number of aromatic nitrogens is 4. The fourth-order valence-corrected chi connectivity index (χ4v) is 7.31. The van der Waals surface area contributed by atoms with Crippen LogP contribution >= 0.6 is 0 Å². The van der Waals surface area contributed by atoms with Gasteiger partial charge in [0.05, 0.1) is 40.6 Å². The summed E-state index contributed by atoms with van der Waals surface area (Å²) in [6.45, 7) is 8.25. The summed E-state index contributed by atoms with van der Waals surface area (Å²) in [5.74, 6) is 2.00. The molecule has 0 saturated heterocycles. The molecule has 56 heavy (non-hydrogen) atoms. The van der Waals surface area contributed by atoms with E-state index < -0.39 is 42.8 Å². The summed E-state index contributed by atoms with van der Waals surface area (Å²) >= 11 is 0. The lowest BCUT2D eigenvalue weighted by atomic mass is 10.2. The number of nitrogens with two attached hydrogens (primary N) is 1. The van der Waals surface area contributed by atoms with Crippen molar-refractivity contribution in [3.05, 3.63) is 107 Å². The van der Waals surface area contributed by atoms with E-state index in [1.54, 1.807) is 53.0 Å². The van der Waals surface area contributed by atoms with Crippen LogP contribution in [0.1, 0.15) is 60.0 Å². The van der Waals surface area contributed by atoms with E-state index in [1.165, 1.54) is 18.3 Å². The van der Waals surface area contributed by atoms with Gasteiger partial charge in [-0.1, -0.05) is 24.3 Å². The Bertz CT molecular complexity index is 1910. The minimum atomic E-state index is -3.90. The molecule has 0 amide bonds. The van der Waals surface area contributed by atoms with Gasteiger partial charge in [-0.15, -0.1) is 0 Å². The van der Waals surface area contributed by atoms with Crippen LogP contribution in [0.25, 0.3) is 0 Å². The second-order valence-corrected chi connectivity index (χ2v) is 17.0. The molecule has 0 bridgehead atoms. The third-order valence-electron chi connectivity index (χ3n) is 8.52. The minimum Gasteiger partial charge on any atom is -0.497 e. The second-order valence-electron chi connectivity index (χ2n) is 12.8. The second kappa shape index (κ2) is 22.6. The average Bonchev–Trinajstić information content (AvgIpc) is 3.19. The van der Waals surface area contributed by atoms with Crippen molar-refractivity contribution in [3.8, 4) is 11.5 Å². The minimum absolute atomic E-state index is 0.169. The van der Waals surface area contributed by atoms with Crippen molar-refractivity contribution < 1.29 is 45.3 Å². The van der Waals surface area contributed by atoms with Gasteiger partial charge < -0.3 is 28.4 Å². The summed E-state index contributed by atoms with van der Waals surface area (Å²) in [6, 6.07) is 14.7. The summed E-state index contributed by atoms with van der Waals surface area (Å²) in [5, 5.41) is 3.25. The topological polar surface area (TPSA) is 204 Å². The molecule has 2 heterocycles. The first kappa shape index (κ1) is 46.2. The molecule has 4 aromatic rings. The maximum absolute atomic E-state index is 14.1. The molecule has 0 aliphatic rings. The van der Waals surface area contributed by atoms with Gasteiger partial charge in [0, 0.05) is 52.1 Å². The van der Waals surface area contributed by atoms with Crippen LogP contribution in [0.2, 0.25) is 0 Å². The van der Waals surface area contributed by atoms with E-state index in [4.69, 9.17) is 33.6 Å². The number of sulfonamides is 2. The van der Waals surface area contributed by atoms with Gasteiger partial charge in [-0.25, -0.2) is 41.9 Å². The van der Waals surface area contributed by atoms with E-state index in [9.17, 15) is 16.8 Å². The highest BCUT2D eigenvalue weighted by molar-refractivity contribution is 7.90. The van der Waals surface area contributed by atoms with Crippen molar-refractivity contribution in [2.45, 2.75) is 63.5 Å². The van der Waals surface area contributed by atoms with Crippen LogP contribution in [0.4, 0.5) is 0 Å². The monoisotopic (exact) mass is 818 g/mol. The predicted molar refractivity (Wildman–Crippen MR) is 211 cm³/mol. The summed E-state index contributed by atoms with van der Waals surface area (Å²) < 4.78 is 84.5. The van der Waals surface area contributed by atoms with Crippen LogP contribution in [-0.2, 0) is 52.1 Å². The number of hydrogen-bond donors (Lipinski definition) is 1. The fraction of sp³-hybridized carbons (Fsp3) is 0.474. The lowest BCUT2D eigenvalue weighted by molar-refractivity contribution is 0.0110. The summed E-state index contributed by atoms with van der Waals surface area (Å²) in [5.41, 5.74) is 3.40. The number of rotatable bonds is 21. The first-order chi connectivity index (χ1) is 26.6. The summed E-state index contributed by atoms with van der Waals surface area (Å²) in [4.78, 5) is 16.9. The Kier molecular flexibility index (Phi) is 18.6. The molecule has 0 aliphatic heterocycles. The quantitative estimate of drug-likeness (QED) is 0.118. The molecule has 0 spiro atoms. The third-order valence-corrected chi connectivity index (χ3v) is 12.0. The van der Waals surface area contributed by atoms with E-state index in [-0.39, 0.29) is 26.3 Å². The third kappa shape index (κ3) is 14.1. The van der Waals surface area contributed by atoms with E-state index in [2.05, 4.69) is 19.9 Å². The van der Waals surface area contributed by atoms with E-state index in [0.29, 0.717) is 36.4 Å². The molecule has 0 radical (unpaired) electrons. The Morgan fingerprint density at radius 2 is 0.946 bits per heavy atom. The van der Waals surface area contributed by atoms with Crippen LogP contribution in [-0.4, -0.2) is 106 Å². The smallest absolute Gasteiger partial charge is 0.220 e. The van der Waals surface area contributed by atoms with E-state index in [0.717, 1.165) is 22.3 Å². The zero-order valence-corrected chi connectivity index (χ0v) is 34.8.